The Balaban J connectivity index is 2.10. The van der Waals surface area contributed by atoms with E-state index in [1.165, 1.54) is 11.1 Å². The number of aliphatic hydroxyl groups is 1. The van der Waals surface area contributed by atoms with Gasteiger partial charge >= 0.3 is 5.97 Å². The number of aryl methyl sites for hydroxylation is 2. The third-order valence-corrected chi connectivity index (χ3v) is 3.85. The zero-order valence-electron chi connectivity index (χ0n) is 12.0. The summed E-state index contributed by atoms with van der Waals surface area (Å²) in [7, 11) is 0. The molecule has 0 bridgehead atoms. The molecule has 1 aliphatic carbocycles. The van der Waals surface area contributed by atoms with Crippen LogP contribution in [0.25, 0.3) is 0 Å². The maximum absolute atomic E-state index is 12.5. The Kier molecular flexibility index (Phi) is 5.47. The number of aliphatic hydroxyl groups excluding tert-OH is 1. The number of ketones is 1. The van der Waals surface area contributed by atoms with Gasteiger partial charge in [0.1, 0.15) is 0 Å². The first-order valence-electron chi connectivity index (χ1n) is 7.34. The SMILES string of the molecule is O=C(O)CCC(NCCO)C(=O)c1ccc2c(c1)CCC2. The van der Waals surface area contributed by atoms with E-state index in [4.69, 9.17) is 10.2 Å². The quantitative estimate of drug-likeness (QED) is 0.626. The summed E-state index contributed by atoms with van der Waals surface area (Å²) in [4.78, 5) is 23.2. The molecule has 114 valence electrons. The molecule has 0 radical (unpaired) electrons. The fourth-order valence-corrected chi connectivity index (χ4v) is 2.76. The smallest absolute Gasteiger partial charge is 0.303 e. The monoisotopic (exact) mass is 291 g/mol. The van der Waals surface area contributed by atoms with E-state index in [1.807, 2.05) is 18.2 Å². The van der Waals surface area contributed by atoms with Crippen LogP contribution in [0.5, 0.6) is 0 Å². The third-order valence-electron chi connectivity index (χ3n) is 3.85. The van der Waals surface area contributed by atoms with Gasteiger partial charge in [0, 0.05) is 18.5 Å². The number of nitrogens with one attached hydrogen (secondary N) is 1. The molecular weight excluding hydrogens is 270 g/mol. The summed E-state index contributed by atoms with van der Waals surface area (Å²) in [5, 5.41) is 20.6. The van der Waals surface area contributed by atoms with Crippen LogP contribution in [-0.4, -0.2) is 41.2 Å². The Hall–Kier alpha value is -1.72. The van der Waals surface area contributed by atoms with Crippen LogP contribution in [0.4, 0.5) is 0 Å². The van der Waals surface area contributed by atoms with Crippen LogP contribution in [0.2, 0.25) is 0 Å². The molecule has 0 spiro atoms. The minimum Gasteiger partial charge on any atom is -0.481 e. The summed E-state index contributed by atoms with van der Waals surface area (Å²) in [6, 6.07) is 5.18. The second kappa shape index (κ2) is 7.33. The van der Waals surface area contributed by atoms with Crippen molar-refractivity contribution < 1.29 is 19.8 Å². The largest absolute Gasteiger partial charge is 0.481 e. The van der Waals surface area contributed by atoms with E-state index in [0.717, 1.165) is 19.3 Å². The lowest BCUT2D eigenvalue weighted by Gasteiger charge is -2.17. The zero-order chi connectivity index (χ0) is 15.2. The van der Waals surface area contributed by atoms with Gasteiger partial charge in [0.25, 0.3) is 0 Å². The summed E-state index contributed by atoms with van der Waals surface area (Å²) in [5.74, 6) is -1.02. The Morgan fingerprint density at radius 1 is 1.24 bits per heavy atom. The molecule has 0 saturated carbocycles. The fourth-order valence-electron chi connectivity index (χ4n) is 2.76. The molecule has 0 saturated heterocycles. The molecule has 0 aromatic heterocycles. The lowest BCUT2D eigenvalue weighted by atomic mass is 9.97. The Bertz CT molecular complexity index is 527. The van der Waals surface area contributed by atoms with Gasteiger partial charge in [-0.25, -0.2) is 0 Å². The molecule has 0 aliphatic heterocycles. The highest BCUT2D eigenvalue weighted by atomic mass is 16.4. The van der Waals surface area contributed by atoms with Crippen molar-refractivity contribution in [2.45, 2.75) is 38.1 Å². The molecule has 3 N–H and O–H groups in total. The molecular formula is C16H21NO4. The number of hydrogen-bond donors (Lipinski definition) is 3. The van der Waals surface area contributed by atoms with Gasteiger partial charge in [0.2, 0.25) is 0 Å². The van der Waals surface area contributed by atoms with Gasteiger partial charge in [0.05, 0.1) is 12.6 Å². The number of hydrogen-bond acceptors (Lipinski definition) is 4. The van der Waals surface area contributed by atoms with E-state index in [-0.39, 0.29) is 31.8 Å². The normalized spacial score (nSPS) is 14.7. The molecule has 5 nitrogen and oxygen atoms in total. The number of carboxylic acids is 1. The van der Waals surface area contributed by atoms with Crippen molar-refractivity contribution in [3.8, 4) is 0 Å². The second-order valence-electron chi connectivity index (χ2n) is 5.36. The van der Waals surface area contributed by atoms with Gasteiger partial charge in [-0.2, -0.15) is 0 Å². The lowest BCUT2D eigenvalue weighted by Crippen LogP contribution is -2.39. The number of carboxylic acid groups (broad SMARTS) is 1. The number of Topliss-reactive ketones (excluding diaryl/α,β-unsaturated/α-hetero) is 1. The Labute approximate surface area is 124 Å². The van der Waals surface area contributed by atoms with Crippen LogP contribution in [-0.2, 0) is 17.6 Å². The summed E-state index contributed by atoms with van der Waals surface area (Å²) in [5.41, 5.74) is 3.15. The first-order chi connectivity index (χ1) is 10.1. The molecule has 21 heavy (non-hydrogen) atoms. The highest BCUT2D eigenvalue weighted by Gasteiger charge is 2.22. The number of aliphatic carboxylic acids is 1. The van der Waals surface area contributed by atoms with Crippen molar-refractivity contribution in [3.63, 3.8) is 0 Å². The Morgan fingerprint density at radius 3 is 2.71 bits per heavy atom. The molecule has 5 heteroatoms. The van der Waals surface area contributed by atoms with Gasteiger partial charge in [-0.15, -0.1) is 0 Å². The van der Waals surface area contributed by atoms with Crippen LogP contribution in [0.15, 0.2) is 18.2 Å². The summed E-state index contributed by atoms with van der Waals surface area (Å²) >= 11 is 0. The van der Waals surface area contributed by atoms with Crippen molar-refractivity contribution in [2.24, 2.45) is 0 Å². The van der Waals surface area contributed by atoms with Gasteiger partial charge in [0.15, 0.2) is 5.78 Å². The number of carbonyl (C=O) groups excluding carboxylic acids is 1. The highest BCUT2D eigenvalue weighted by Crippen LogP contribution is 2.23. The summed E-state index contributed by atoms with van der Waals surface area (Å²) in [6.07, 6.45) is 3.35. The molecule has 0 amide bonds. The average molecular weight is 291 g/mol. The predicted molar refractivity (Wildman–Crippen MR) is 78.5 cm³/mol. The van der Waals surface area contributed by atoms with Crippen LogP contribution < -0.4 is 5.32 Å². The highest BCUT2D eigenvalue weighted by molar-refractivity contribution is 6.00. The van der Waals surface area contributed by atoms with E-state index < -0.39 is 12.0 Å². The van der Waals surface area contributed by atoms with Crippen LogP contribution in [0.1, 0.15) is 40.7 Å². The Morgan fingerprint density at radius 2 is 2.00 bits per heavy atom. The lowest BCUT2D eigenvalue weighted by molar-refractivity contribution is -0.137. The van der Waals surface area contributed by atoms with Crippen molar-refractivity contribution >= 4 is 11.8 Å². The third kappa shape index (κ3) is 4.12. The summed E-state index contributed by atoms with van der Waals surface area (Å²) in [6.45, 7) is 0.196. The van der Waals surface area contributed by atoms with Crippen molar-refractivity contribution in [2.75, 3.05) is 13.2 Å². The van der Waals surface area contributed by atoms with Crippen molar-refractivity contribution in [1.82, 2.24) is 5.32 Å². The number of benzene rings is 1. The summed E-state index contributed by atoms with van der Waals surface area (Å²) < 4.78 is 0. The second-order valence-corrected chi connectivity index (χ2v) is 5.36. The van der Waals surface area contributed by atoms with E-state index in [2.05, 4.69) is 5.32 Å². The van der Waals surface area contributed by atoms with E-state index in [9.17, 15) is 9.59 Å². The van der Waals surface area contributed by atoms with E-state index in [0.29, 0.717) is 5.56 Å². The van der Waals surface area contributed by atoms with Gasteiger partial charge in [-0.3, -0.25) is 9.59 Å². The molecule has 1 aromatic carbocycles. The number of fused-ring (bicyclic) bond motifs is 1. The molecule has 1 aliphatic rings. The standard InChI is InChI=1S/C16H21NO4/c18-9-8-17-14(6-7-15(19)20)16(21)13-5-4-11-2-1-3-12(11)10-13/h4-5,10,14,17-18H,1-3,6-9H2,(H,19,20). The van der Waals surface area contributed by atoms with Crippen molar-refractivity contribution in [1.29, 1.82) is 0 Å². The first kappa shape index (κ1) is 15.7. The maximum atomic E-state index is 12.5. The number of carbonyl (C=O) groups is 2. The minimum absolute atomic E-state index is 0.0697. The predicted octanol–water partition coefficient (Wildman–Crippen LogP) is 1.17. The zero-order valence-corrected chi connectivity index (χ0v) is 12.0. The van der Waals surface area contributed by atoms with Gasteiger partial charge in [-0.1, -0.05) is 12.1 Å². The number of rotatable bonds is 8. The van der Waals surface area contributed by atoms with Crippen LogP contribution in [0.3, 0.4) is 0 Å². The molecule has 2 rings (SSSR count). The molecule has 1 unspecified atom stereocenters. The maximum Gasteiger partial charge on any atom is 0.303 e. The van der Waals surface area contributed by atoms with E-state index in [1.54, 1.807) is 0 Å². The van der Waals surface area contributed by atoms with Crippen LogP contribution >= 0.6 is 0 Å². The molecule has 0 heterocycles. The van der Waals surface area contributed by atoms with Gasteiger partial charge in [-0.05, 0) is 42.9 Å². The molecule has 1 aromatic rings. The molecule has 1 atom stereocenters. The topological polar surface area (TPSA) is 86.6 Å². The van der Waals surface area contributed by atoms with E-state index >= 15 is 0 Å². The average Bonchev–Trinajstić information content (AvgIpc) is 2.93. The minimum atomic E-state index is -0.924. The van der Waals surface area contributed by atoms with Gasteiger partial charge < -0.3 is 15.5 Å². The fraction of sp³-hybridized carbons (Fsp3) is 0.500. The molecule has 0 fully saturated rings. The first-order valence-corrected chi connectivity index (χ1v) is 7.34. The van der Waals surface area contributed by atoms with Crippen LogP contribution in [0, 0.1) is 0 Å². The van der Waals surface area contributed by atoms with Crippen molar-refractivity contribution in [3.05, 3.63) is 34.9 Å².